The highest BCUT2D eigenvalue weighted by Crippen LogP contribution is 2.26. The molecule has 0 saturated carbocycles. The van der Waals surface area contributed by atoms with Gasteiger partial charge in [0.1, 0.15) is 17.7 Å². The third kappa shape index (κ3) is 2.93. The minimum absolute atomic E-state index is 0.00207. The summed E-state index contributed by atoms with van der Waals surface area (Å²) in [7, 11) is 0. The van der Waals surface area contributed by atoms with Gasteiger partial charge in [0, 0.05) is 5.02 Å². The number of hydrogen-bond donors (Lipinski definition) is 2. The number of halogens is 1. The van der Waals surface area contributed by atoms with E-state index in [-0.39, 0.29) is 17.3 Å². The number of nitriles is 1. The van der Waals surface area contributed by atoms with Crippen LogP contribution in [0.3, 0.4) is 0 Å². The Balaban J connectivity index is 2.42. The zero-order valence-corrected chi connectivity index (χ0v) is 10.8. The van der Waals surface area contributed by atoms with Crippen molar-refractivity contribution < 1.29 is 4.92 Å². The van der Waals surface area contributed by atoms with Gasteiger partial charge in [-0.05, 0) is 18.2 Å². The number of nitrogens with one attached hydrogen (secondary N) is 1. The number of hydrogen-bond acceptors (Lipinski definition) is 6. The maximum absolute atomic E-state index is 10.8. The maximum atomic E-state index is 10.8. The Morgan fingerprint density at radius 3 is 2.80 bits per heavy atom. The van der Waals surface area contributed by atoms with E-state index in [4.69, 9.17) is 22.6 Å². The van der Waals surface area contributed by atoms with Crippen molar-refractivity contribution in [1.29, 1.82) is 5.26 Å². The fourth-order valence-electron chi connectivity index (χ4n) is 1.56. The lowest BCUT2D eigenvalue weighted by atomic mass is 10.2. The molecule has 20 heavy (non-hydrogen) atoms. The molecule has 1 aromatic carbocycles. The summed E-state index contributed by atoms with van der Waals surface area (Å²) in [6.45, 7) is 0. The maximum Gasteiger partial charge on any atom is 0.276 e. The Kier molecular flexibility index (Phi) is 3.68. The molecule has 100 valence electrons. The molecule has 0 fully saturated rings. The Morgan fingerprint density at radius 2 is 2.15 bits per heavy atom. The van der Waals surface area contributed by atoms with Gasteiger partial charge in [-0.25, -0.2) is 4.98 Å². The topological polar surface area (TPSA) is 118 Å². The number of nitrogens with zero attached hydrogens (tertiary/aromatic N) is 3. The number of aromatic nitrogens is 1. The molecule has 1 heterocycles. The predicted octanol–water partition coefficient (Wildman–Crippen LogP) is 2.84. The molecule has 7 nitrogen and oxygen atoms in total. The van der Waals surface area contributed by atoms with Gasteiger partial charge in [0.15, 0.2) is 0 Å². The summed E-state index contributed by atoms with van der Waals surface area (Å²) in [5.41, 5.74) is 6.04. The summed E-state index contributed by atoms with van der Waals surface area (Å²) in [5, 5.41) is 23.0. The first-order valence-electron chi connectivity index (χ1n) is 5.38. The van der Waals surface area contributed by atoms with E-state index in [1.807, 2.05) is 6.07 Å². The fourth-order valence-corrected chi connectivity index (χ4v) is 1.73. The average Bonchev–Trinajstić information content (AvgIpc) is 2.38. The van der Waals surface area contributed by atoms with Crippen molar-refractivity contribution in [1.82, 2.24) is 4.98 Å². The Labute approximate surface area is 118 Å². The summed E-state index contributed by atoms with van der Waals surface area (Å²) < 4.78 is 0. The summed E-state index contributed by atoms with van der Waals surface area (Å²) in [6.07, 6.45) is 0. The van der Waals surface area contributed by atoms with Gasteiger partial charge in [-0.1, -0.05) is 11.6 Å². The lowest BCUT2D eigenvalue weighted by Crippen LogP contribution is -2.01. The average molecular weight is 290 g/mol. The second kappa shape index (κ2) is 5.42. The van der Waals surface area contributed by atoms with E-state index in [1.54, 1.807) is 6.07 Å². The van der Waals surface area contributed by atoms with Crippen LogP contribution in [0.1, 0.15) is 5.56 Å². The van der Waals surface area contributed by atoms with E-state index in [0.29, 0.717) is 16.3 Å². The molecule has 0 unspecified atom stereocenters. The molecular weight excluding hydrogens is 282 g/mol. The Hall–Kier alpha value is -2.85. The molecule has 0 radical (unpaired) electrons. The van der Waals surface area contributed by atoms with Crippen LogP contribution in [-0.4, -0.2) is 9.91 Å². The monoisotopic (exact) mass is 289 g/mol. The standard InChI is InChI=1S/C12H8ClN5O2/c13-8-2-1-7(6-14)10(3-8)16-12-5-9(18(19)20)4-11(15)17-12/h1-5H,(H3,15,16,17). The Morgan fingerprint density at radius 1 is 1.40 bits per heavy atom. The lowest BCUT2D eigenvalue weighted by molar-refractivity contribution is -0.384. The van der Waals surface area contributed by atoms with Crippen LogP contribution in [0.25, 0.3) is 0 Å². The van der Waals surface area contributed by atoms with E-state index < -0.39 is 4.92 Å². The van der Waals surface area contributed by atoms with Crippen LogP contribution in [-0.2, 0) is 0 Å². The van der Waals surface area contributed by atoms with Crippen molar-refractivity contribution in [2.75, 3.05) is 11.1 Å². The molecule has 0 atom stereocenters. The van der Waals surface area contributed by atoms with Crippen molar-refractivity contribution in [3.05, 3.63) is 51.0 Å². The molecule has 0 bridgehead atoms. The molecule has 2 rings (SSSR count). The minimum Gasteiger partial charge on any atom is -0.383 e. The largest absolute Gasteiger partial charge is 0.383 e. The third-order valence-electron chi connectivity index (χ3n) is 2.41. The van der Waals surface area contributed by atoms with E-state index in [2.05, 4.69) is 10.3 Å². The van der Waals surface area contributed by atoms with Gasteiger partial charge < -0.3 is 11.1 Å². The van der Waals surface area contributed by atoms with Gasteiger partial charge in [0.05, 0.1) is 28.3 Å². The SMILES string of the molecule is N#Cc1ccc(Cl)cc1Nc1cc([N+](=O)[O-])cc(N)n1. The van der Waals surface area contributed by atoms with Gasteiger partial charge in [-0.15, -0.1) is 0 Å². The first-order chi connectivity index (χ1) is 9.49. The van der Waals surface area contributed by atoms with E-state index in [1.165, 1.54) is 18.2 Å². The first kappa shape index (κ1) is 13.6. The van der Waals surface area contributed by atoms with Crippen LogP contribution in [0.15, 0.2) is 30.3 Å². The second-order valence-electron chi connectivity index (χ2n) is 3.82. The lowest BCUT2D eigenvalue weighted by Gasteiger charge is -2.08. The van der Waals surface area contributed by atoms with Crippen LogP contribution in [0.4, 0.5) is 23.0 Å². The molecule has 0 aliphatic carbocycles. The summed E-state index contributed by atoms with van der Waals surface area (Å²) in [6, 6.07) is 8.98. The number of benzene rings is 1. The van der Waals surface area contributed by atoms with Crippen LogP contribution in [0.2, 0.25) is 5.02 Å². The highest BCUT2D eigenvalue weighted by atomic mass is 35.5. The zero-order valence-electron chi connectivity index (χ0n) is 10.0. The number of anilines is 3. The number of pyridine rings is 1. The van der Waals surface area contributed by atoms with Crippen molar-refractivity contribution in [3.8, 4) is 6.07 Å². The van der Waals surface area contributed by atoms with E-state index in [9.17, 15) is 10.1 Å². The molecule has 0 amide bonds. The summed E-state index contributed by atoms with van der Waals surface area (Å²) in [5.74, 6) is 0.165. The number of nitrogens with two attached hydrogens (primary N) is 1. The zero-order chi connectivity index (χ0) is 14.7. The first-order valence-corrected chi connectivity index (χ1v) is 5.76. The van der Waals surface area contributed by atoms with Crippen LogP contribution in [0.5, 0.6) is 0 Å². The molecule has 0 aliphatic heterocycles. The highest BCUT2D eigenvalue weighted by Gasteiger charge is 2.11. The fraction of sp³-hybridized carbons (Fsp3) is 0. The molecule has 0 saturated heterocycles. The normalized spacial score (nSPS) is 9.80. The number of rotatable bonds is 3. The second-order valence-corrected chi connectivity index (χ2v) is 4.26. The molecule has 0 aliphatic rings. The van der Waals surface area contributed by atoms with Crippen molar-refractivity contribution in [3.63, 3.8) is 0 Å². The van der Waals surface area contributed by atoms with Crippen molar-refractivity contribution in [2.24, 2.45) is 0 Å². The molecule has 3 N–H and O–H groups in total. The van der Waals surface area contributed by atoms with Gasteiger partial charge in [0.2, 0.25) is 0 Å². The Bertz CT molecular complexity index is 726. The molecule has 1 aromatic heterocycles. The van der Waals surface area contributed by atoms with Crippen molar-refractivity contribution >= 4 is 34.6 Å². The van der Waals surface area contributed by atoms with Gasteiger partial charge in [0.25, 0.3) is 5.69 Å². The van der Waals surface area contributed by atoms with E-state index in [0.717, 1.165) is 6.07 Å². The number of nitrogen functional groups attached to an aromatic ring is 1. The molecular formula is C12H8ClN5O2. The van der Waals surface area contributed by atoms with Gasteiger partial charge in [-0.2, -0.15) is 5.26 Å². The molecule has 0 spiro atoms. The molecule has 8 heteroatoms. The van der Waals surface area contributed by atoms with Crippen molar-refractivity contribution in [2.45, 2.75) is 0 Å². The van der Waals surface area contributed by atoms with Crippen LogP contribution >= 0.6 is 11.6 Å². The van der Waals surface area contributed by atoms with Crippen LogP contribution < -0.4 is 11.1 Å². The highest BCUT2D eigenvalue weighted by molar-refractivity contribution is 6.30. The van der Waals surface area contributed by atoms with Crippen LogP contribution in [0, 0.1) is 21.4 Å². The third-order valence-corrected chi connectivity index (χ3v) is 2.64. The minimum atomic E-state index is -0.577. The summed E-state index contributed by atoms with van der Waals surface area (Å²) in [4.78, 5) is 14.1. The van der Waals surface area contributed by atoms with E-state index >= 15 is 0 Å². The van der Waals surface area contributed by atoms with Gasteiger partial charge in [-0.3, -0.25) is 10.1 Å². The smallest absolute Gasteiger partial charge is 0.276 e. The quantitative estimate of drug-likeness (QED) is 0.662. The predicted molar refractivity (Wildman–Crippen MR) is 74.8 cm³/mol. The van der Waals surface area contributed by atoms with Gasteiger partial charge >= 0.3 is 0 Å². The molecule has 2 aromatic rings. The summed E-state index contributed by atoms with van der Waals surface area (Å²) >= 11 is 5.85. The number of nitro groups is 1.